The van der Waals surface area contributed by atoms with Crippen molar-refractivity contribution >= 4 is 46.2 Å². The van der Waals surface area contributed by atoms with Crippen molar-refractivity contribution in [3.63, 3.8) is 0 Å². The predicted molar refractivity (Wildman–Crippen MR) is 143 cm³/mol. The van der Waals surface area contributed by atoms with Gasteiger partial charge in [0.05, 0.1) is 33.7 Å². The highest BCUT2D eigenvalue weighted by Gasteiger charge is 2.22. The van der Waals surface area contributed by atoms with Crippen LogP contribution in [-0.2, 0) is 13.1 Å². The molecule has 0 spiro atoms. The average Bonchev–Trinajstić information content (AvgIpc) is 3.41. The monoisotopic (exact) mass is 531 g/mol. The Hall–Kier alpha value is -2.52. The van der Waals surface area contributed by atoms with Gasteiger partial charge in [-0.05, 0) is 61.5 Å². The zero-order chi connectivity index (χ0) is 24.5. The van der Waals surface area contributed by atoms with Crippen molar-refractivity contribution < 1.29 is 9.47 Å². The fraction of sp³-hybridized carbons (Fsp3) is 0.360. The standard InChI is InChI=1S/C25H27Cl2N5O2S/c1-16-24(17(2)32(29-16)14-18-3-5-20(26)21(27)11-18)28-25(35)31-9-7-30(8-10-31)13-19-4-6-22-23(12-19)34-15-33-22/h3-6,11-12H,7-10,13-15H2,1-2H3,(H,28,35). The lowest BCUT2D eigenvalue weighted by atomic mass is 10.1. The lowest BCUT2D eigenvalue weighted by molar-refractivity contribution is 0.173. The number of aromatic nitrogens is 2. The summed E-state index contributed by atoms with van der Waals surface area (Å²) in [5.41, 5.74) is 5.16. The first kappa shape index (κ1) is 24.2. The molecule has 1 N–H and O–H groups in total. The summed E-state index contributed by atoms with van der Waals surface area (Å²) in [4.78, 5) is 4.66. The summed E-state index contributed by atoms with van der Waals surface area (Å²) in [7, 11) is 0. The van der Waals surface area contributed by atoms with Crippen LogP contribution in [0.2, 0.25) is 10.0 Å². The van der Waals surface area contributed by atoms with E-state index in [1.165, 1.54) is 5.56 Å². The first-order valence-corrected chi connectivity index (χ1v) is 12.7. The molecule has 0 radical (unpaired) electrons. The highest BCUT2D eigenvalue weighted by molar-refractivity contribution is 7.80. The van der Waals surface area contributed by atoms with E-state index in [-0.39, 0.29) is 0 Å². The molecule has 2 aliphatic heterocycles. The molecule has 1 fully saturated rings. The molecule has 0 unspecified atom stereocenters. The number of hydrogen-bond acceptors (Lipinski definition) is 5. The van der Waals surface area contributed by atoms with E-state index in [1.807, 2.05) is 42.8 Å². The van der Waals surface area contributed by atoms with Crippen LogP contribution >= 0.6 is 35.4 Å². The van der Waals surface area contributed by atoms with Crippen LogP contribution in [0.5, 0.6) is 11.5 Å². The molecule has 35 heavy (non-hydrogen) atoms. The highest BCUT2D eigenvalue weighted by atomic mass is 35.5. The number of piperazine rings is 1. The molecule has 7 nitrogen and oxygen atoms in total. The first-order chi connectivity index (χ1) is 16.9. The molecule has 1 saturated heterocycles. The van der Waals surface area contributed by atoms with Gasteiger partial charge >= 0.3 is 0 Å². The van der Waals surface area contributed by atoms with Gasteiger partial charge in [0.15, 0.2) is 16.6 Å². The van der Waals surface area contributed by atoms with Crippen molar-refractivity contribution in [2.45, 2.75) is 26.9 Å². The molecule has 0 atom stereocenters. The summed E-state index contributed by atoms with van der Waals surface area (Å²) >= 11 is 18.0. The van der Waals surface area contributed by atoms with E-state index in [4.69, 9.17) is 50.0 Å². The minimum Gasteiger partial charge on any atom is -0.454 e. The van der Waals surface area contributed by atoms with Crippen LogP contribution in [0.15, 0.2) is 36.4 Å². The van der Waals surface area contributed by atoms with Gasteiger partial charge in [0.2, 0.25) is 6.79 Å². The van der Waals surface area contributed by atoms with E-state index >= 15 is 0 Å². The van der Waals surface area contributed by atoms with Crippen molar-refractivity contribution in [2.75, 3.05) is 38.3 Å². The molecule has 3 heterocycles. The van der Waals surface area contributed by atoms with Gasteiger partial charge in [-0.3, -0.25) is 9.58 Å². The number of ether oxygens (including phenoxy) is 2. The molecule has 0 aliphatic carbocycles. The maximum atomic E-state index is 6.18. The van der Waals surface area contributed by atoms with E-state index in [2.05, 4.69) is 27.2 Å². The number of benzene rings is 2. The van der Waals surface area contributed by atoms with Crippen molar-refractivity contribution in [3.8, 4) is 11.5 Å². The number of nitrogens with one attached hydrogen (secondary N) is 1. The lowest BCUT2D eigenvalue weighted by Crippen LogP contribution is -2.49. The second kappa shape index (κ2) is 10.2. The van der Waals surface area contributed by atoms with Gasteiger partial charge in [-0.2, -0.15) is 5.10 Å². The largest absolute Gasteiger partial charge is 0.454 e. The third kappa shape index (κ3) is 5.35. The van der Waals surface area contributed by atoms with Crippen molar-refractivity contribution in [3.05, 3.63) is 69.0 Å². The van der Waals surface area contributed by atoms with Crippen molar-refractivity contribution in [1.82, 2.24) is 19.6 Å². The molecule has 0 bridgehead atoms. The Bertz CT molecular complexity index is 1260. The Morgan fingerprint density at radius 2 is 1.66 bits per heavy atom. The van der Waals surface area contributed by atoms with Gasteiger partial charge in [-0.15, -0.1) is 0 Å². The normalized spacial score (nSPS) is 15.5. The topological polar surface area (TPSA) is 54.8 Å². The Morgan fingerprint density at radius 1 is 0.943 bits per heavy atom. The molecule has 10 heteroatoms. The zero-order valence-corrected chi connectivity index (χ0v) is 22.0. The molecule has 0 amide bonds. The maximum absolute atomic E-state index is 6.18. The number of fused-ring (bicyclic) bond motifs is 1. The molecule has 2 aromatic carbocycles. The van der Waals surface area contributed by atoms with Crippen LogP contribution in [0.25, 0.3) is 0 Å². The maximum Gasteiger partial charge on any atom is 0.231 e. The van der Waals surface area contributed by atoms with Gasteiger partial charge in [0, 0.05) is 32.7 Å². The summed E-state index contributed by atoms with van der Waals surface area (Å²) in [6.07, 6.45) is 0. The third-order valence-electron chi connectivity index (χ3n) is 6.43. The molecular weight excluding hydrogens is 505 g/mol. The van der Waals surface area contributed by atoms with E-state index in [1.54, 1.807) is 0 Å². The van der Waals surface area contributed by atoms with Crippen LogP contribution in [0.1, 0.15) is 22.5 Å². The van der Waals surface area contributed by atoms with Gasteiger partial charge in [0.25, 0.3) is 0 Å². The van der Waals surface area contributed by atoms with Crippen LogP contribution < -0.4 is 14.8 Å². The highest BCUT2D eigenvalue weighted by Crippen LogP contribution is 2.33. The molecular formula is C25H27Cl2N5O2S. The minimum atomic E-state index is 0.301. The van der Waals surface area contributed by atoms with Crippen LogP contribution in [0, 0.1) is 13.8 Å². The lowest BCUT2D eigenvalue weighted by Gasteiger charge is -2.36. The van der Waals surface area contributed by atoms with Gasteiger partial charge in [0.1, 0.15) is 0 Å². The SMILES string of the molecule is Cc1nn(Cc2ccc(Cl)c(Cl)c2)c(C)c1NC(=S)N1CCN(Cc2ccc3c(c2)OCO3)CC1. The zero-order valence-electron chi connectivity index (χ0n) is 19.7. The molecule has 2 aliphatic rings. The van der Waals surface area contributed by atoms with Crippen molar-refractivity contribution in [2.24, 2.45) is 0 Å². The first-order valence-electron chi connectivity index (χ1n) is 11.5. The quantitative estimate of drug-likeness (QED) is 0.459. The van der Waals surface area contributed by atoms with E-state index in [9.17, 15) is 0 Å². The molecule has 184 valence electrons. The number of anilines is 1. The van der Waals surface area contributed by atoms with E-state index in [0.717, 1.165) is 72.0 Å². The van der Waals surface area contributed by atoms with E-state index in [0.29, 0.717) is 23.4 Å². The number of aryl methyl sites for hydroxylation is 1. The third-order valence-corrected chi connectivity index (χ3v) is 7.53. The Kier molecular flexibility index (Phi) is 7.07. The van der Waals surface area contributed by atoms with Crippen LogP contribution in [0.4, 0.5) is 5.69 Å². The number of thiocarbonyl (C=S) groups is 1. The molecule has 3 aromatic rings. The van der Waals surface area contributed by atoms with Gasteiger partial charge in [-0.1, -0.05) is 35.3 Å². The molecule has 5 rings (SSSR count). The fourth-order valence-electron chi connectivity index (χ4n) is 4.44. The predicted octanol–water partition coefficient (Wildman–Crippen LogP) is 5.10. The fourth-order valence-corrected chi connectivity index (χ4v) is 5.04. The smallest absolute Gasteiger partial charge is 0.231 e. The van der Waals surface area contributed by atoms with E-state index < -0.39 is 0 Å². The Labute approximate surface area is 220 Å². The van der Waals surface area contributed by atoms with Crippen LogP contribution in [0.3, 0.4) is 0 Å². The van der Waals surface area contributed by atoms with Crippen molar-refractivity contribution in [1.29, 1.82) is 0 Å². The van der Waals surface area contributed by atoms with Gasteiger partial charge in [-0.25, -0.2) is 0 Å². The summed E-state index contributed by atoms with van der Waals surface area (Å²) < 4.78 is 12.9. The van der Waals surface area contributed by atoms with Crippen LogP contribution in [-0.4, -0.2) is 57.7 Å². The van der Waals surface area contributed by atoms with Gasteiger partial charge < -0.3 is 19.7 Å². The average molecular weight is 532 g/mol. The number of rotatable bonds is 5. The summed E-state index contributed by atoms with van der Waals surface area (Å²) in [6.45, 7) is 9.43. The summed E-state index contributed by atoms with van der Waals surface area (Å²) in [5.74, 6) is 1.65. The Morgan fingerprint density at radius 3 is 2.43 bits per heavy atom. The molecule has 0 saturated carbocycles. The summed E-state index contributed by atoms with van der Waals surface area (Å²) in [5, 5.41) is 9.98. The number of hydrogen-bond donors (Lipinski definition) is 1. The number of nitrogens with zero attached hydrogens (tertiary/aromatic N) is 4. The number of halogens is 2. The Balaban J connectivity index is 1.17. The second-order valence-electron chi connectivity index (χ2n) is 8.83. The summed E-state index contributed by atoms with van der Waals surface area (Å²) in [6, 6.07) is 11.8. The molecule has 1 aromatic heterocycles. The second-order valence-corrected chi connectivity index (χ2v) is 10.0. The minimum absolute atomic E-state index is 0.301.